The minimum Gasteiger partial charge on any atom is -0.462 e. The third kappa shape index (κ3) is 2.73. The summed E-state index contributed by atoms with van der Waals surface area (Å²) in [6.45, 7) is 8.87. The van der Waals surface area contributed by atoms with Gasteiger partial charge in [0.1, 0.15) is 11.2 Å². The highest BCUT2D eigenvalue weighted by Gasteiger charge is 2.23. The molecular weight excluding hydrogens is 374 g/mol. The van der Waals surface area contributed by atoms with E-state index in [1.54, 1.807) is 33.8 Å². The zero-order valence-electron chi connectivity index (χ0n) is 16.8. The van der Waals surface area contributed by atoms with E-state index in [1.165, 1.54) is 6.07 Å². The molecule has 0 fully saturated rings. The molecule has 0 saturated heterocycles. The van der Waals surface area contributed by atoms with E-state index in [1.807, 2.05) is 6.92 Å². The molecule has 0 radical (unpaired) electrons. The molecule has 29 heavy (non-hydrogen) atoms. The molecule has 3 aromatic heterocycles. The molecule has 0 atom stereocenters. The van der Waals surface area contributed by atoms with Crippen LogP contribution in [0, 0.1) is 27.7 Å². The van der Waals surface area contributed by atoms with Crippen LogP contribution in [-0.4, -0.2) is 17.6 Å². The van der Waals surface area contributed by atoms with E-state index in [9.17, 15) is 14.4 Å². The number of nitrogens with zero attached hydrogens (tertiary/aromatic N) is 1. The van der Waals surface area contributed by atoms with Gasteiger partial charge >= 0.3 is 17.2 Å². The SMILES string of the molecule is CCOC(=O)c1c(C)nc2c(c1C)c(=O)oc1c(C)c3oc(=O)cc(C)c3cc12. The second-order valence-electron chi connectivity index (χ2n) is 7.03. The van der Waals surface area contributed by atoms with Crippen LogP contribution < -0.4 is 11.3 Å². The number of rotatable bonds is 2. The Morgan fingerprint density at radius 3 is 2.38 bits per heavy atom. The normalized spacial score (nSPS) is 11.5. The summed E-state index contributed by atoms with van der Waals surface area (Å²) in [7, 11) is 0. The van der Waals surface area contributed by atoms with Crippen molar-refractivity contribution in [2.24, 2.45) is 0 Å². The molecule has 1 aromatic carbocycles. The van der Waals surface area contributed by atoms with Gasteiger partial charge < -0.3 is 13.6 Å². The lowest BCUT2D eigenvalue weighted by Crippen LogP contribution is -2.14. The molecule has 0 saturated carbocycles. The largest absolute Gasteiger partial charge is 0.462 e. The molecule has 7 nitrogen and oxygen atoms in total. The maximum atomic E-state index is 12.8. The molecule has 3 heterocycles. The molecule has 0 aliphatic rings. The zero-order chi connectivity index (χ0) is 21.0. The summed E-state index contributed by atoms with van der Waals surface area (Å²) >= 11 is 0. The van der Waals surface area contributed by atoms with Crippen LogP contribution in [0.25, 0.3) is 32.8 Å². The van der Waals surface area contributed by atoms with Gasteiger partial charge in [-0.2, -0.15) is 0 Å². The van der Waals surface area contributed by atoms with E-state index >= 15 is 0 Å². The van der Waals surface area contributed by atoms with Gasteiger partial charge in [-0.3, -0.25) is 4.98 Å². The van der Waals surface area contributed by atoms with Gasteiger partial charge in [0, 0.05) is 22.4 Å². The van der Waals surface area contributed by atoms with Crippen molar-refractivity contribution in [2.75, 3.05) is 6.61 Å². The van der Waals surface area contributed by atoms with Crippen LogP contribution in [0.1, 0.15) is 39.7 Å². The summed E-state index contributed by atoms with van der Waals surface area (Å²) in [5.41, 5.74) is 2.54. The molecule has 0 amide bonds. The van der Waals surface area contributed by atoms with Gasteiger partial charge in [0.15, 0.2) is 0 Å². The van der Waals surface area contributed by atoms with Gasteiger partial charge in [-0.1, -0.05) is 0 Å². The van der Waals surface area contributed by atoms with Crippen LogP contribution >= 0.6 is 0 Å². The highest BCUT2D eigenvalue weighted by molar-refractivity contribution is 6.11. The third-order valence-electron chi connectivity index (χ3n) is 5.18. The molecule has 148 valence electrons. The fourth-order valence-corrected chi connectivity index (χ4v) is 3.84. The molecule has 0 aliphatic carbocycles. The summed E-state index contributed by atoms with van der Waals surface area (Å²) in [5, 5.41) is 1.58. The topological polar surface area (TPSA) is 99.6 Å². The molecule has 0 aliphatic heterocycles. The van der Waals surface area contributed by atoms with Crippen molar-refractivity contribution in [1.29, 1.82) is 0 Å². The van der Waals surface area contributed by atoms with E-state index in [0.717, 1.165) is 10.9 Å². The lowest BCUT2D eigenvalue weighted by Gasteiger charge is -2.13. The second kappa shape index (κ2) is 6.55. The summed E-state index contributed by atoms with van der Waals surface area (Å²) in [4.78, 5) is 41.6. The Kier molecular flexibility index (Phi) is 4.26. The van der Waals surface area contributed by atoms with E-state index in [-0.39, 0.29) is 17.6 Å². The molecule has 0 N–H and O–H groups in total. The van der Waals surface area contributed by atoms with Crippen molar-refractivity contribution in [3.05, 3.63) is 60.9 Å². The predicted molar refractivity (Wildman–Crippen MR) is 109 cm³/mol. The van der Waals surface area contributed by atoms with Gasteiger partial charge in [-0.05, 0) is 51.8 Å². The number of carbonyl (C=O) groups is 1. The first kappa shape index (κ1) is 18.9. The lowest BCUT2D eigenvalue weighted by atomic mass is 9.99. The van der Waals surface area contributed by atoms with Gasteiger partial charge in [0.25, 0.3) is 0 Å². The summed E-state index contributed by atoms with van der Waals surface area (Å²) in [6, 6.07) is 3.22. The Morgan fingerprint density at radius 2 is 1.69 bits per heavy atom. The Balaban J connectivity index is 2.23. The number of carbonyl (C=O) groups excluding carboxylic acids is 1. The van der Waals surface area contributed by atoms with Crippen LogP contribution in [0.15, 0.2) is 30.6 Å². The summed E-state index contributed by atoms with van der Waals surface area (Å²) in [6.07, 6.45) is 0. The van der Waals surface area contributed by atoms with Crippen molar-refractivity contribution in [2.45, 2.75) is 34.6 Å². The fraction of sp³-hybridized carbons (Fsp3) is 0.273. The van der Waals surface area contributed by atoms with Crippen molar-refractivity contribution >= 4 is 38.8 Å². The minimum absolute atomic E-state index is 0.220. The number of aryl methyl sites for hydroxylation is 4. The van der Waals surface area contributed by atoms with Crippen molar-refractivity contribution in [3.63, 3.8) is 0 Å². The quantitative estimate of drug-likeness (QED) is 0.221. The van der Waals surface area contributed by atoms with Gasteiger partial charge in [0.2, 0.25) is 0 Å². The Labute approximate surface area is 164 Å². The van der Waals surface area contributed by atoms with Crippen LogP contribution in [0.3, 0.4) is 0 Å². The van der Waals surface area contributed by atoms with E-state index in [0.29, 0.717) is 38.9 Å². The van der Waals surface area contributed by atoms with Crippen molar-refractivity contribution < 1.29 is 18.4 Å². The first-order chi connectivity index (χ1) is 13.7. The van der Waals surface area contributed by atoms with E-state index in [2.05, 4.69) is 4.98 Å². The fourth-order valence-electron chi connectivity index (χ4n) is 3.84. The molecule has 0 spiro atoms. The van der Waals surface area contributed by atoms with Crippen LogP contribution in [-0.2, 0) is 4.74 Å². The maximum Gasteiger partial charge on any atom is 0.346 e. The lowest BCUT2D eigenvalue weighted by molar-refractivity contribution is 0.0524. The number of hydrogen-bond acceptors (Lipinski definition) is 7. The third-order valence-corrected chi connectivity index (χ3v) is 5.18. The van der Waals surface area contributed by atoms with Crippen molar-refractivity contribution in [1.82, 2.24) is 4.98 Å². The van der Waals surface area contributed by atoms with Crippen LogP contribution in [0.4, 0.5) is 0 Å². The number of esters is 1. The zero-order valence-corrected chi connectivity index (χ0v) is 16.8. The standard InChI is InChI=1S/C22H19NO6/c1-6-27-21(25)16-10(3)17-18(23-12(16)5)14-8-13-9(2)7-15(24)28-19(13)11(4)20(14)29-22(17)26/h7-8H,6H2,1-5H3. The smallest absolute Gasteiger partial charge is 0.346 e. The van der Waals surface area contributed by atoms with Crippen molar-refractivity contribution in [3.8, 4) is 0 Å². The maximum absolute atomic E-state index is 12.8. The van der Waals surface area contributed by atoms with Crippen LogP contribution in [0.2, 0.25) is 0 Å². The Morgan fingerprint density at radius 1 is 1.00 bits per heavy atom. The molecule has 0 bridgehead atoms. The highest BCUT2D eigenvalue weighted by atomic mass is 16.5. The van der Waals surface area contributed by atoms with Crippen LogP contribution in [0.5, 0.6) is 0 Å². The van der Waals surface area contributed by atoms with E-state index in [4.69, 9.17) is 13.6 Å². The number of pyridine rings is 1. The second-order valence-corrected chi connectivity index (χ2v) is 7.03. The Hall–Kier alpha value is -3.48. The predicted octanol–water partition coefficient (Wildman–Crippen LogP) is 3.86. The van der Waals surface area contributed by atoms with E-state index < -0.39 is 17.2 Å². The first-order valence-corrected chi connectivity index (χ1v) is 9.23. The number of aromatic nitrogens is 1. The number of benzene rings is 1. The Bertz CT molecular complexity index is 1460. The molecule has 0 unspecified atom stereocenters. The number of ether oxygens (including phenoxy) is 1. The minimum atomic E-state index is -0.611. The van der Waals surface area contributed by atoms with Gasteiger partial charge in [-0.15, -0.1) is 0 Å². The summed E-state index contributed by atoms with van der Waals surface area (Å²) in [5.74, 6) is -0.524. The molecule has 4 rings (SSSR count). The average Bonchev–Trinajstić information content (AvgIpc) is 2.63. The van der Waals surface area contributed by atoms with Gasteiger partial charge in [0.05, 0.1) is 28.8 Å². The summed E-state index contributed by atoms with van der Waals surface area (Å²) < 4.78 is 16.1. The molecule has 7 heteroatoms. The molecular formula is C22H19NO6. The highest BCUT2D eigenvalue weighted by Crippen LogP contribution is 2.33. The first-order valence-electron chi connectivity index (χ1n) is 9.23. The average molecular weight is 393 g/mol. The number of fused-ring (bicyclic) bond motifs is 4. The number of hydrogen-bond donors (Lipinski definition) is 0. The monoisotopic (exact) mass is 393 g/mol. The van der Waals surface area contributed by atoms with Gasteiger partial charge in [-0.25, -0.2) is 14.4 Å². The molecule has 4 aromatic rings.